The molecule has 6 heteroatoms. The fraction of sp³-hybridized carbons (Fsp3) is 0. The summed E-state index contributed by atoms with van der Waals surface area (Å²) >= 11 is 0. The molecule has 5 nitrogen and oxygen atoms in total. The molecule has 3 heterocycles. The quantitative estimate of drug-likeness (QED) is 0.374. The third kappa shape index (κ3) is 2.85. The van der Waals surface area contributed by atoms with Gasteiger partial charge in [-0.25, -0.2) is 9.37 Å². The van der Waals surface area contributed by atoms with Crippen LogP contribution >= 0.6 is 0 Å². The zero-order chi connectivity index (χ0) is 20.1. The summed E-state index contributed by atoms with van der Waals surface area (Å²) in [7, 11) is 0. The van der Waals surface area contributed by atoms with Gasteiger partial charge in [0.1, 0.15) is 11.6 Å². The number of aromatic nitrogens is 4. The molecule has 31 heavy (non-hydrogen) atoms. The zero-order valence-corrected chi connectivity index (χ0v) is 16.3. The maximum atomic E-state index is 13.6. The molecule has 150 valence electrons. The number of imidazole rings is 1. The number of rotatable bonds is 2. The SMILES string of the molecule is Fc1ccc(-c2nc3c4cccnc4c4ncccc4c3n2-c2ccccc2)cc1.O. The first-order valence-corrected chi connectivity index (χ1v) is 9.66. The van der Waals surface area contributed by atoms with Crippen molar-refractivity contribution in [3.8, 4) is 17.1 Å². The second-order valence-corrected chi connectivity index (χ2v) is 7.11. The summed E-state index contributed by atoms with van der Waals surface area (Å²) in [5.41, 5.74) is 5.29. The zero-order valence-electron chi connectivity index (χ0n) is 16.3. The number of hydrogen-bond acceptors (Lipinski definition) is 3. The van der Waals surface area contributed by atoms with Gasteiger partial charge in [-0.3, -0.25) is 14.5 Å². The fourth-order valence-corrected chi connectivity index (χ4v) is 4.05. The van der Waals surface area contributed by atoms with Crippen molar-refractivity contribution in [3.05, 3.63) is 97.1 Å². The second kappa shape index (κ2) is 7.27. The van der Waals surface area contributed by atoms with Crippen LogP contribution in [0.5, 0.6) is 0 Å². The molecular weight excluding hydrogens is 391 g/mol. The summed E-state index contributed by atoms with van der Waals surface area (Å²) in [6, 6.07) is 24.4. The lowest BCUT2D eigenvalue weighted by atomic mass is 10.1. The van der Waals surface area contributed by atoms with Crippen LogP contribution in [-0.2, 0) is 0 Å². The van der Waals surface area contributed by atoms with E-state index in [4.69, 9.17) is 4.98 Å². The van der Waals surface area contributed by atoms with E-state index in [2.05, 4.69) is 14.5 Å². The van der Waals surface area contributed by atoms with E-state index >= 15 is 0 Å². The minimum atomic E-state index is -0.273. The van der Waals surface area contributed by atoms with Gasteiger partial charge in [0.05, 0.1) is 22.1 Å². The van der Waals surface area contributed by atoms with Crippen LogP contribution in [-0.4, -0.2) is 25.0 Å². The molecule has 0 radical (unpaired) electrons. The minimum Gasteiger partial charge on any atom is -0.412 e. The molecule has 0 atom stereocenters. The van der Waals surface area contributed by atoms with Gasteiger partial charge in [-0.05, 0) is 60.7 Å². The van der Waals surface area contributed by atoms with Crippen LogP contribution < -0.4 is 0 Å². The molecule has 0 unspecified atom stereocenters. The standard InChI is InChI=1S/C25H15FN4.H2O/c26-17-12-10-16(11-13-17)25-29-23-19-8-4-14-27-21(19)22-20(9-5-15-28-22)24(23)30(25)18-6-2-1-3-7-18;/h1-15H;1H2. The Kier molecular flexibility index (Phi) is 4.42. The molecule has 0 aliphatic rings. The summed E-state index contributed by atoms with van der Waals surface area (Å²) in [5.74, 6) is 0.475. The smallest absolute Gasteiger partial charge is 0.145 e. The van der Waals surface area contributed by atoms with Gasteiger partial charge in [-0.1, -0.05) is 18.2 Å². The summed E-state index contributed by atoms with van der Waals surface area (Å²) in [6.07, 6.45) is 3.56. The summed E-state index contributed by atoms with van der Waals surface area (Å²) < 4.78 is 15.7. The fourth-order valence-electron chi connectivity index (χ4n) is 4.05. The van der Waals surface area contributed by atoms with Gasteiger partial charge in [-0.15, -0.1) is 0 Å². The molecule has 0 aliphatic heterocycles. The van der Waals surface area contributed by atoms with Crippen molar-refractivity contribution in [1.82, 2.24) is 19.5 Å². The molecule has 0 amide bonds. The molecule has 3 aromatic carbocycles. The van der Waals surface area contributed by atoms with Crippen LogP contribution in [0.1, 0.15) is 0 Å². The Labute approximate surface area is 176 Å². The largest absolute Gasteiger partial charge is 0.412 e. The van der Waals surface area contributed by atoms with Crippen molar-refractivity contribution >= 4 is 32.8 Å². The van der Waals surface area contributed by atoms with E-state index in [0.29, 0.717) is 0 Å². The predicted octanol–water partition coefficient (Wildman–Crippen LogP) is 5.10. The summed E-state index contributed by atoms with van der Waals surface area (Å²) in [4.78, 5) is 14.3. The first-order valence-electron chi connectivity index (χ1n) is 9.66. The van der Waals surface area contributed by atoms with Crippen molar-refractivity contribution < 1.29 is 9.87 Å². The van der Waals surface area contributed by atoms with E-state index in [1.807, 2.05) is 54.6 Å². The van der Waals surface area contributed by atoms with E-state index in [-0.39, 0.29) is 11.3 Å². The van der Waals surface area contributed by atoms with Crippen molar-refractivity contribution in [2.24, 2.45) is 0 Å². The van der Waals surface area contributed by atoms with Gasteiger partial charge >= 0.3 is 0 Å². The Balaban J connectivity index is 0.00000204. The molecular formula is C25H17FN4O. The lowest BCUT2D eigenvalue weighted by Crippen LogP contribution is -1.98. The molecule has 0 aliphatic carbocycles. The van der Waals surface area contributed by atoms with E-state index in [9.17, 15) is 4.39 Å². The van der Waals surface area contributed by atoms with Gasteiger partial charge in [-0.2, -0.15) is 0 Å². The highest BCUT2D eigenvalue weighted by Gasteiger charge is 2.20. The lowest BCUT2D eigenvalue weighted by molar-refractivity contribution is 0.628. The van der Waals surface area contributed by atoms with Gasteiger partial charge in [0, 0.05) is 34.4 Å². The van der Waals surface area contributed by atoms with Crippen molar-refractivity contribution in [3.63, 3.8) is 0 Å². The molecule has 0 bridgehead atoms. The van der Waals surface area contributed by atoms with Gasteiger partial charge in [0.2, 0.25) is 0 Å². The third-order valence-electron chi connectivity index (χ3n) is 5.34. The summed E-state index contributed by atoms with van der Waals surface area (Å²) in [5, 5.41) is 1.92. The number of benzene rings is 3. The van der Waals surface area contributed by atoms with E-state index in [1.54, 1.807) is 24.5 Å². The normalized spacial score (nSPS) is 11.1. The van der Waals surface area contributed by atoms with Gasteiger partial charge in [0.15, 0.2) is 0 Å². The highest BCUT2D eigenvalue weighted by molar-refractivity contribution is 6.21. The predicted molar refractivity (Wildman–Crippen MR) is 121 cm³/mol. The van der Waals surface area contributed by atoms with Gasteiger partial charge in [0.25, 0.3) is 0 Å². The average molecular weight is 408 g/mol. The second-order valence-electron chi connectivity index (χ2n) is 7.11. The topological polar surface area (TPSA) is 75.1 Å². The first kappa shape index (κ1) is 18.8. The van der Waals surface area contributed by atoms with E-state index < -0.39 is 0 Å². The van der Waals surface area contributed by atoms with Crippen molar-refractivity contribution in [2.75, 3.05) is 0 Å². The summed E-state index contributed by atoms with van der Waals surface area (Å²) in [6.45, 7) is 0. The lowest BCUT2D eigenvalue weighted by Gasteiger charge is -2.11. The van der Waals surface area contributed by atoms with Crippen molar-refractivity contribution in [1.29, 1.82) is 0 Å². The minimum absolute atomic E-state index is 0. The van der Waals surface area contributed by atoms with E-state index in [0.717, 1.165) is 49.9 Å². The molecule has 0 saturated heterocycles. The molecule has 0 saturated carbocycles. The molecule has 6 aromatic rings. The Morgan fingerprint density at radius 3 is 2.00 bits per heavy atom. The third-order valence-corrected chi connectivity index (χ3v) is 5.34. The Morgan fingerprint density at radius 2 is 1.29 bits per heavy atom. The molecule has 3 aromatic heterocycles. The Morgan fingerprint density at radius 1 is 0.645 bits per heavy atom. The highest BCUT2D eigenvalue weighted by atomic mass is 19.1. The molecule has 6 rings (SSSR count). The number of halogens is 1. The van der Waals surface area contributed by atoms with Gasteiger partial charge < -0.3 is 5.48 Å². The highest BCUT2D eigenvalue weighted by Crippen LogP contribution is 2.37. The Hall–Kier alpha value is -4.16. The molecule has 0 fully saturated rings. The first-order chi connectivity index (χ1) is 14.8. The molecule has 0 spiro atoms. The van der Waals surface area contributed by atoms with Crippen LogP contribution in [0.2, 0.25) is 0 Å². The van der Waals surface area contributed by atoms with Crippen LogP contribution in [0.25, 0.3) is 49.9 Å². The molecule has 2 N–H and O–H groups in total. The van der Waals surface area contributed by atoms with Crippen LogP contribution in [0.4, 0.5) is 4.39 Å². The van der Waals surface area contributed by atoms with Crippen LogP contribution in [0, 0.1) is 5.82 Å². The number of fused-ring (bicyclic) bond motifs is 6. The van der Waals surface area contributed by atoms with Crippen LogP contribution in [0.15, 0.2) is 91.3 Å². The number of para-hydroxylation sites is 1. The van der Waals surface area contributed by atoms with E-state index in [1.165, 1.54) is 12.1 Å². The maximum absolute atomic E-state index is 13.6. The maximum Gasteiger partial charge on any atom is 0.145 e. The Bertz CT molecular complexity index is 1540. The van der Waals surface area contributed by atoms with Crippen LogP contribution in [0.3, 0.4) is 0 Å². The van der Waals surface area contributed by atoms with Crippen molar-refractivity contribution in [2.45, 2.75) is 0 Å². The average Bonchev–Trinajstić information content (AvgIpc) is 3.21. The monoisotopic (exact) mass is 408 g/mol. The number of nitrogens with zero attached hydrogens (tertiary/aromatic N) is 4. The number of hydrogen-bond donors (Lipinski definition) is 0. The number of pyridine rings is 2.